The first-order valence-electron chi connectivity index (χ1n) is 9.85. The van der Waals surface area contributed by atoms with E-state index in [0.717, 1.165) is 22.1 Å². The van der Waals surface area contributed by atoms with Gasteiger partial charge in [-0.15, -0.1) is 0 Å². The van der Waals surface area contributed by atoms with Gasteiger partial charge < -0.3 is 4.74 Å². The fourth-order valence-electron chi connectivity index (χ4n) is 3.75. The van der Waals surface area contributed by atoms with E-state index >= 15 is 0 Å². The van der Waals surface area contributed by atoms with Crippen molar-refractivity contribution in [1.29, 1.82) is 0 Å². The van der Waals surface area contributed by atoms with E-state index in [0.29, 0.717) is 22.7 Å². The molecule has 5 aromatic rings. The molecule has 0 amide bonds. The maximum Gasteiger partial charge on any atom is 0.269 e. The number of nitrogens with zero attached hydrogens (tertiary/aromatic N) is 3. The number of rotatable bonds is 5. The fourth-order valence-corrected chi connectivity index (χ4v) is 5.73. The number of ether oxygens (including phenoxy) is 1. The molecule has 0 atom stereocenters. The Hall–Kier alpha value is -3.49. The van der Waals surface area contributed by atoms with E-state index in [2.05, 4.69) is 9.97 Å². The van der Waals surface area contributed by atoms with Gasteiger partial charge in [0.1, 0.15) is 0 Å². The lowest BCUT2D eigenvalue weighted by Crippen LogP contribution is -2.12. The number of pyridine rings is 2. The molecule has 1 aromatic carbocycles. The lowest BCUT2D eigenvalue weighted by Gasteiger charge is -2.08. The van der Waals surface area contributed by atoms with Crippen molar-refractivity contribution >= 4 is 32.4 Å². The van der Waals surface area contributed by atoms with Crippen molar-refractivity contribution in [2.24, 2.45) is 0 Å². The van der Waals surface area contributed by atoms with Gasteiger partial charge in [-0.05, 0) is 65.2 Å². The Bertz CT molecular complexity index is 1520. The Balaban J connectivity index is 1.87. The highest BCUT2D eigenvalue weighted by Gasteiger charge is 2.26. The van der Waals surface area contributed by atoms with Crippen molar-refractivity contribution in [3.8, 4) is 28.1 Å². The number of thiophene rings is 1. The van der Waals surface area contributed by atoms with Crippen LogP contribution in [0.2, 0.25) is 0 Å². The zero-order chi connectivity index (χ0) is 22.3. The largest absolute Gasteiger partial charge is 0.481 e. The zero-order valence-electron chi connectivity index (χ0n) is 17.4. The van der Waals surface area contributed by atoms with Crippen LogP contribution in [0.5, 0.6) is 5.88 Å². The molecule has 32 heavy (non-hydrogen) atoms. The molecule has 0 N–H and O–H groups in total. The van der Waals surface area contributed by atoms with Crippen LogP contribution in [0.25, 0.3) is 33.3 Å². The highest BCUT2D eigenvalue weighted by atomic mass is 32.2. The number of hydrogen-bond donors (Lipinski definition) is 0. The van der Waals surface area contributed by atoms with Crippen LogP contribution in [0.4, 0.5) is 0 Å². The molecular weight excluding hydrogens is 442 g/mol. The highest BCUT2D eigenvalue weighted by molar-refractivity contribution is 7.90. The predicted molar refractivity (Wildman–Crippen MR) is 127 cm³/mol. The quantitative estimate of drug-likeness (QED) is 0.351. The molecule has 0 radical (unpaired) electrons. The summed E-state index contributed by atoms with van der Waals surface area (Å²) < 4.78 is 34.0. The molecule has 160 valence electrons. The summed E-state index contributed by atoms with van der Waals surface area (Å²) in [5.74, 6) is 0.416. The van der Waals surface area contributed by atoms with Gasteiger partial charge >= 0.3 is 0 Å². The van der Waals surface area contributed by atoms with Gasteiger partial charge in [0, 0.05) is 35.1 Å². The summed E-state index contributed by atoms with van der Waals surface area (Å²) in [7, 11) is -2.33. The van der Waals surface area contributed by atoms with Crippen LogP contribution < -0.4 is 4.74 Å². The molecule has 0 fully saturated rings. The van der Waals surface area contributed by atoms with E-state index < -0.39 is 10.0 Å². The lowest BCUT2D eigenvalue weighted by molar-refractivity contribution is 0.400. The molecule has 0 aliphatic heterocycles. The van der Waals surface area contributed by atoms with Gasteiger partial charge in [-0.2, -0.15) is 11.3 Å². The molecular formula is C24H19N3O3S2. The monoisotopic (exact) mass is 461 g/mol. The van der Waals surface area contributed by atoms with Crippen LogP contribution in [0.15, 0.2) is 82.8 Å². The molecule has 0 aliphatic carbocycles. The first-order chi connectivity index (χ1) is 15.5. The first kappa shape index (κ1) is 20.4. The Morgan fingerprint density at radius 2 is 1.75 bits per heavy atom. The molecule has 0 saturated carbocycles. The minimum Gasteiger partial charge on any atom is -0.481 e. The summed E-state index contributed by atoms with van der Waals surface area (Å²) in [4.78, 5) is 9.00. The molecule has 0 saturated heterocycles. The van der Waals surface area contributed by atoms with Crippen LogP contribution >= 0.6 is 11.3 Å². The Morgan fingerprint density at radius 3 is 2.47 bits per heavy atom. The van der Waals surface area contributed by atoms with Crippen molar-refractivity contribution in [2.45, 2.75) is 11.8 Å². The maximum absolute atomic E-state index is 13.6. The smallest absolute Gasteiger partial charge is 0.269 e. The van der Waals surface area contributed by atoms with E-state index in [9.17, 15) is 8.42 Å². The Kier molecular flexibility index (Phi) is 5.03. The molecule has 5 rings (SSSR count). The average molecular weight is 462 g/mol. The van der Waals surface area contributed by atoms with Gasteiger partial charge in [0.05, 0.1) is 12.0 Å². The molecule has 0 spiro atoms. The van der Waals surface area contributed by atoms with Crippen LogP contribution in [0.3, 0.4) is 0 Å². The van der Waals surface area contributed by atoms with Crippen molar-refractivity contribution in [1.82, 2.24) is 13.9 Å². The Morgan fingerprint density at radius 1 is 0.938 bits per heavy atom. The Labute approximate surface area is 189 Å². The van der Waals surface area contributed by atoms with E-state index in [1.165, 1.54) is 3.97 Å². The van der Waals surface area contributed by atoms with Gasteiger partial charge in [0.25, 0.3) is 10.0 Å². The number of aryl methyl sites for hydroxylation is 1. The summed E-state index contributed by atoms with van der Waals surface area (Å²) >= 11 is 1.58. The molecule has 0 unspecified atom stereocenters. The normalized spacial score (nSPS) is 11.7. The van der Waals surface area contributed by atoms with E-state index in [1.54, 1.807) is 67.4 Å². The van der Waals surface area contributed by atoms with Gasteiger partial charge in [-0.1, -0.05) is 17.7 Å². The number of benzene rings is 1. The van der Waals surface area contributed by atoms with E-state index in [4.69, 9.17) is 4.74 Å². The molecule has 0 aliphatic rings. The zero-order valence-corrected chi connectivity index (χ0v) is 19.0. The van der Waals surface area contributed by atoms with Crippen molar-refractivity contribution in [3.05, 3.63) is 83.4 Å². The van der Waals surface area contributed by atoms with Crippen LogP contribution in [-0.2, 0) is 10.0 Å². The molecule has 0 bridgehead atoms. The third-order valence-electron chi connectivity index (χ3n) is 5.32. The van der Waals surface area contributed by atoms with Crippen LogP contribution in [0.1, 0.15) is 5.56 Å². The standard InChI is InChI=1S/C24H19N3O3S2/c1-16-5-7-18(8-6-16)32(28,29)27-14-21(20-4-3-11-26-24(20)30-2)22-19(9-12-25-23(22)27)17-10-13-31-15-17/h3-15H,1-2H3. The lowest BCUT2D eigenvalue weighted by atomic mass is 10.0. The topological polar surface area (TPSA) is 74.1 Å². The summed E-state index contributed by atoms with van der Waals surface area (Å²) in [5, 5.41) is 4.75. The SMILES string of the molecule is COc1ncccc1-c1cn(S(=O)(=O)c2ccc(C)cc2)c2nccc(-c3ccsc3)c12. The van der Waals surface area contributed by atoms with Crippen molar-refractivity contribution < 1.29 is 13.2 Å². The second kappa shape index (κ2) is 7.89. The summed E-state index contributed by atoms with van der Waals surface area (Å²) in [6.45, 7) is 1.92. The molecule has 4 heterocycles. The van der Waals surface area contributed by atoms with Crippen LogP contribution in [-0.4, -0.2) is 29.5 Å². The fraction of sp³-hybridized carbons (Fsp3) is 0.0833. The predicted octanol–water partition coefficient (Wildman–Crippen LogP) is 5.38. The number of aromatic nitrogens is 3. The van der Waals surface area contributed by atoms with Crippen molar-refractivity contribution in [3.63, 3.8) is 0 Å². The van der Waals surface area contributed by atoms with Crippen molar-refractivity contribution in [2.75, 3.05) is 7.11 Å². The average Bonchev–Trinajstić information content (AvgIpc) is 3.48. The van der Waals surface area contributed by atoms with Gasteiger partial charge in [-0.25, -0.2) is 22.4 Å². The molecule has 8 heteroatoms. The second-order valence-corrected chi connectivity index (χ2v) is 9.88. The molecule has 4 aromatic heterocycles. The third kappa shape index (κ3) is 3.28. The first-order valence-corrected chi connectivity index (χ1v) is 12.2. The summed E-state index contributed by atoms with van der Waals surface area (Å²) in [5.41, 5.74) is 4.62. The minimum absolute atomic E-state index is 0.201. The molecule has 6 nitrogen and oxygen atoms in total. The third-order valence-corrected chi connectivity index (χ3v) is 7.67. The van der Waals surface area contributed by atoms with E-state index in [1.807, 2.05) is 35.9 Å². The summed E-state index contributed by atoms with van der Waals surface area (Å²) in [6, 6.07) is 14.4. The highest BCUT2D eigenvalue weighted by Crippen LogP contribution is 2.41. The maximum atomic E-state index is 13.6. The van der Waals surface area contributed by atoms with Gasteiger partial charge in [0.2, 0.25) is 5.88 Å². The second-order valence-electron chi connectivity index (χ2n) is 7.29. The van der Waals surface area contributed by atoms with Gasteiger partial charge in [-0.3, -0.25) is 0 Å². The van der Waals surface area contributed by atoms with Gasteiger partial charge in [0.15, 0.2) is 5.65 Å². The minimum atomic E-state index is -3.88. The summed E-state index contributed by atoms with van der Waals surface area (Å²) in [6.07, 6.45) is 4.89. The van der Waals surface area contributed by atoms with Crippen LogP contribution in [0, 0.1) is 6.92 Å². The van der Waals surface area contributed by atoms with E-state index in [-0.39, 0.29) is 4.90 Å². The number of hydrogen-bond acceptors (Lipinski definition) is 6. The number of fused-ring (bicyclic) bond motifs is 1. The number of methoxy groups -OCH3 is 1.